The molecule has 0 radical (unpaired) electrons. The van der Waals surface area contributed by atoms with Crippen LogP contribution in [-0.2, 0) is 21.0 Å². The molecule has 0 amide bonds. The summed E-state index contributed by atoms with van der Waals surface area (Å²) in [6.07, 6.45) is -5.85. The number of benzene rings is 3. The van der Waals surface area contributed by atoms with Gasteiger partial charge in [0.1, 0.15) is 0 Å². The molecule has 0 N–H and O–H groups in total. The molecule has 3 aromatic rings. The van der Waals surface area contributed by atoms with E-state index in [0.29, 0.717) is 0 Å². The average molecular weight is 661 g/mol. The van der Waals surface area contributed by atoms with Crippen molar-refractivity contribution in [3.8, 4) is 0 Å². The smallest absolute Gasteiger partial charge is 0.402 e. The lowest BCUT2D eigenvalue weighted by Gasteiger charge is -2.38. The van der Waals surface area contributed by atoms with Crippen LogP contribution in [0.1, 0.15) is 36.5 Å². The molecule has 0 bridgehead atoms. The minimum atomic E-state index is -7.41. The average Bonchev–Trinajstić information content (AvgIpc) is 2.91. The van der Waals surface area contributed by atoms with Gasteiger partial charge in [-0.1, -0.05) is 67.4 Å². The summed E-state index contributed by atoms with van der Waals surface area (Å²) >= 11 is 0. The Morgan fingerprint density at radius 2 is 1.14 bits per heavy atom. The molecule has 0 saturated carbocycles. The maximum atomic E-state index is 13.0. The molecule has 3 aromatic carbocycles. The molecule has 0 heterocycles. The Bertz CT molecular complexity index is 1400. The Kier molecular flexibility index (Phi) is 11.5. The molecule has 0 aromatic heterocycles. The van der Waals surface area contributed by atoms with Gasteiger partial charge < -0.3 is 4.55 Å². The van der Waals surface area contributed by atoms with Crippen LogP contribution in [0.2, 0.25) is 0 Å². The van der Waals surface area contributed by atoms with Gasteiger partial charge in [0.05, 0.1) is 10.9 Å². The minimum Gasteiger partial charge on any atom is -0.743 e. The van der Waals surface area contributed by atoms with E-state index in [1.807, 2.05) is 0 Å². The summed E-state index contributed by atoms with van der Waals surface area (Å²) in [4.78, 5) is 4.22. The van der Waals surface area contributed by atoms with E-state index in [4.69, 9.17) is 0 Å². The topological polar surface area (TPSA) is 57.2 Å². The monoisotopic (exact) mass is 660 g/mol. The van der Waals surface area contributed by atoms with E-state index in [9.17, 15) is 52.5 Å². The van der Waals surface area contributed by atoms with Crippen LogP contribution in [0.15, 0.2) is 87.5 Å². The molecule has 0 aliphatic rings. The SMILES string of the molecule is CCCC(F)C(F)(F)C(F)(F)C(F)(F)C(F)(F)S(=O)(=O)[O-].Cc1cc(C)c([S+](c2ccccc2)c2ccccc2)c(C)c1. The van der Waals surface area contributed by atoms with E-state index in [2.05, 4.69) is 93.6 Å². The molecule has 43 heavy (non-hydrogen) atoms. The largest absolute Gasteiger partial charge is 0.743 e. The van der Waals surface area contributed by atoms with Crippen molar-refractivity contribution in [1.29, 1.82) is 0 Å². The summed E-state index contributed by atoms with van der Waals surface area (Å²) < 4.78 is 145. The van der Waals surface area contributed by atoms with Crippen LogP contribution >= 0.6 is 0 Å². The molecule has 1 atom stereocenters. The minimum absolute atomic E-state index is 0.0460. The number of aryl methyl sites for hydroxylation is 3. The van der Waals surface area contributed by atoms with E-state index < -0.39 is 52.2 Å². The molecule has 3 rings (SSSR count). The van der Waals surface area contributed by atoms with Gasteiger partial charge in [-0.3, -0.25) is 0 Å². The summed E-state index contributed by atoms with van der Waals surface area (Å²) in [6.45, 7) is 7.66. The molecule has 3 nitrogen and oxygen atoms in total. The maximum absolute atomic E-state index is 13.0. The van der Waals surface area contributed by atoms with Crippen LogP contribution in [0.4, 0.5) is 39.5 Å². The van der Waals surface area contributed by atoms with Gasteiger partial charge in [-0.2, -0.15) is 35.1 Å². The highest BCUT2D eigenvalue weighted by Gasteiger charge is 2.84. The molecule has 0 spiro atoms. The van der Waals surface area contributed by atoms with Crippen LogP contribution in [0.3, 0.4) is 0 Å². The second-order valence-corrected chi connectivity index (χ2v) is 13.0. The zero-order valence-corrected chi connectivity index (χ0v) is 25.0. The Morgan fingerprint density at radius 3 is 1.49 bits per heavy atom. The van der Waals surface area contributed by atoms with Gasteiger partial charge >= 0.3 is 23.0 Å². The van der Waals surface area contributed by atoms with Gasteiger partial charge in [0.25, 0.3) is 0 Å². The van der Waals surface area contributed by atoms with Crippen LogP contribution in [0.5, 0.6) is 0 Å². The predicted molar refractivity (Wildman–Crippen MR) is 145 cm³/mol. The van der Waals surface area contributed by atoms with Gasteiger partial charge in [0.15, 0.2) is 31.0 Å². The quantitative estimate of drug-likeness (QED) is 0.124. The molecule has 0 saturated heterocycles. The summed E-state index contributed by atoms with van der Waals surface area (Å²) in [5.41, 5.74) is 4.10. The molecule has 238 valence electrons. The summed E-state index contributed by atoms with van der Waals surface area (Å²) in [6, 6.07) is 26.3. The molecular weight excluding hydrogens is 631 g/mol. The third-order valence-electron chi connectivity index (χ3n) is 6.19. The second kappa shape index (κ2) is 13.5. The van der Waals surface area contributed by atoms with Gasteiger partial charge in [0.2, 0.25) is 0 Å². The fraction of sp³-hybridized carbons (Fsp3) is 0.379. The number of hydrogen-bond donors (Lipinski definition) is 0. The molecule has 1 unspecified atom stereocenters. The number of alkyl halides is 9. The van der Waals surface area contributed by atoms with E-state index in [1.54, 1.807) is 0 Å². The Balaban J connectivity index is 0.000000301. The van der Waals surface area contributed by atoms with Crippen LogP contribution < -0.4 is 0 Å². The number of rotatable bonds is 10. The van der Waals surface area contributed by atoms with Crippen molar-refractivity contribution >= 4 is 21.0 Å². The van der Waals surface area contributed by atoms with Gasteiger partial charge in [0, 0.05) is 11.1 Å². The van der Waals surface area contributed by atoms with E-state index >= 15 is 0 Å². The van der Waals surface area contributed by atoms with Crippen LogP contribution in [0.25, 0.3) is 0 Å². The van der Waals surface area contributed by atoms with Crippen molar-refractivity contribution in [3.63, 3.8) is 0 Å². The first-order valence-electron chi connectivity index (χ1n) is 12.7. The zero-order chi connectivity index (χ0) is 33.0. The summed E-state index contributed by atoms with van der Waals surface area (Å²) in [7, 11) is -7.46. The van der Waals surface area contributed by atoms with Crippen molar-refractivity contribution in [2.45, 2.75) is 84.4 Å². The molecule has 0 fully saturated rings. The first kappa shape index (κ1) is 36.5. The molecule has 14 heteroatoms. The number of hydrogen-bond acceptors (Lipinski definition) is 3. The fourth-order valence-corrected chi connectivity index (χ4v) is 6.96. The van der Waals surface area contributed by atoms with Crippen molar-refractivity contribution in [2.75, 3.05) is 0 Å². The summed E-state index contributed by atoms with van der Waals surface area (Å²) in [5.74, 6) is -20.8. The highest BCUT2D eigenvalue weighted by atomic mass is 32.2. The van der Waals surface area contributed by atoms with Crippen LogP contribution in [-0.4, -0.2) is 42.2 Å². The van der Waals surface area contributed by atoms with E-state index in [-0.39, 0.29) is 10.9 Å². The van der Waals surface area contributed by atoms with Gasteiger partial charge in [-0.05, 0) is 51.5 Å². The predicted octanol–water partition coefficient (Wildman–Crippen LogP) is 8.88. The first-order valence-corrected chi connectivity index (χ1v) is 15.3. The highest BCUT2D eigenvalue weighted by Crippen LogP contribution is 2.55. The maximum Gasteiger partial charge on any atom is 0.402 e. The Hall–Kier alpha value is -2.71. The lowest BCUT2D eigenvalue weighted by atomic mass is 9.98. The van der Waals surface area contributed by atoms with Gasteiger partial charge in [-0.15, -0.1) is 0 Å². The Labute approximate surface area is 247 Å². The normalized spacial score (nSPS) is 13.8. The Morgan fingerprint density at radius 1 is 0.744 bits per heavy atom. The third kappa shape index (κ3) is 7.34. The molecule has 0 aliphatic heterocycles. The van der Waals surface area contributed by atoms with Crippen LogP contribution in [0, 0.1) is 20.8 Å². The van der Waals surface area contributed by atoms with Crippen molar-refractivity contribution in [1.82, 2.24) is 0 Å². The lowest BCUT2D eigenvalue weighted by Crippen LogP contribution is -2.66. The fourth-order valence-electron chi connectivity index (χ4n) is 4.15. The van der Waals surface area contributed by atoms with Crippen molar-refractivity contribution < 1.29 is 52.5 Å². The first-order chi connectivity index (χ1) is 19.6. The van der Waals surface area contributed by atoms with Crippen molar-refractivity contribution in [3.05, 3.63) is 89.5 Å². The second-order valence-electron chi connectivity index (χ2n) is 9.66. The van der Waals surface area contributed by atoms with E-state index in [1.165, 1.54) is 31.4 Å². The number of halogens is 9. The van der Waals surface area contributed by atoms with Crippen molar-refractivity contribution in [2.24, 2.45) is 0 Å². The van der Waals surface area contributed by atoms with Gasteiger partial charge in [-0.25, -0.2) is 12.8 Å². The molecule has 0 aliphatic carbocycles. The molecular formula is C29H29F9O3S2. The summed E-state index contributed by atoms with van der Waals surface area (Å²) in [5, 5.41) is -7.06. The van der Waals surface area contributed by atoms with E-state index in [0.717, 1.165) is 6.92 Å². The standard InChI is InChI=1S/C21H21S.C8H9F9O3S/c1-16-14-17(2)21(18(3)15-16)22(19-10-6-4-7-11-19)20-12-8-5-9-13-20;1-2-3-4(9)5(10,11)6(12,13)7(14,15)8(16,17)21(18,19)20/h4-15H,1-3H3;4H,2-3H2,1H3,(H,18,19,20)/q+1;/p-1. The zero-order valence-electron chi connectivity index (χ0n) is 23.4. The highest BCUT2D eigenvalue weighted by molar-refractivity contribution is 7.97. The third-order valence-corrected chi connectivity index (χ3v) is 9.62. The lowest BCUT2D eigenvalue weighted by molar-refractivity contribution is -0.359.